The van der Waals surface area contributed by atoms with E-state index in [0.717, 1.165) is 19.6 Å². The molecule has 0 bridgehead atoms. The standard InChI is InChI=1S/C10H18N4O/c1-2-13-4-3-9(5-13)6-14-7-10(8-15)11-12-14/h7,9,15H,2-6,8H2,1H3/t9-/m1/s1. The molecule has 0 spiro atoms. The molecule has 1 fully saturated rings. The van der Waals surface area contributed by atoms with Crippen molar-refractivity contribution in [3.63, 3.8) is 0 Å². The minimum absolute atomic E-state index is 0.0221. The Hall–Kier alpha value is -0.940. The van der Waals surface area contributed by atoms with Crippen molar-refractivity contribution >= 4 is 0 Å². The van der Waals surface area contributed by atoms with Crippen LogP contribution in [-0.4, -0.2) is 44.6 Å². The van der Waals surface area contributed by atoms with Gasteiger partial charge in [0.05, 0.1) is 12.8 Å². The fourth-order valence-corrected chi connectivity index (χ4v) is 2.11. The second kappa shape index (κ2) is 4.72. The Morgan fingerprint density at radius 1 is 1.60 bits per heavy atom. The number of aromatic nitrogens is 3. The normalized spacial score (nSPS) is 22.4. The molecule has 0 saturated carbocycles. The van der Waals surface area contributed by atoms with Crippen LogP contribution in [0.1, 0.15) is 19.0 Å². The molecule has 15 heavy (non-hydrogen) atoms. The van der Waals surface area contributed by atoms with E-state index in [9.17, 15) is 0 Å². The molecular formula is C10H18N4O. The fourth-order valence-electron chi connectivity index (χ4n) is 2.11. The maximum atomic E-state index is 8.87. The second-order valence-electron chi connectivity index (χ2n) is 4.14. The minimum atomic E-state index is -0.0221. The van der Waals surface area contributed by atoms with Crippen molar-refractivity contribution in [3.05, 3.63) is 11.9 Å². The second-order valence-corrected chi connectivity index (χ2v) is 4.14. The smallest absolute Gasteiger partial charge is 0.108 e. The predicted octanol–water partition coefficient (Wildman–Crippen LogP) is 0.112. The van der Waals surface area contributed by atoms with Crippen LogP contribution in [0.3, 0.4) is 0 Å². The first kappa shape index (κ1) is 10.6. The maximum absolute atomic E-state index is 8.87. The molecular weight excluding hydrogens is 192 g/mol. The molecule has 5 nitrogen and oxygen atoms in total. The van der Waals surface area contributed by atoms with E-state index in [0.29, 0.717) is 11.6 Å². The number of aliphatic hydroxyl groups excluding tert-OH is 1. The molecule has 2 heterocycles. The monoisotopic (exact) mass is 210 g/mol. The highest BCUT2D eigenvalue weighted by Gasteiger charge is 2.21. The highest BCUT2D eigenvalue weighted by atomic mass is 16.3. The summed E-state index contributed by atoms with van der Waals surface area (Å²) in [6.07, 6.45) is 3.07. The summed E-state index contributed by atoms with van der Waals surface area (Å²) in [5.41, 5.74) is 0.653. The maximum Gasteiger partial charge on any atom is 0.108 e. The minimum Gasteiger partial charge on any atom is -0.390 e. The van der Waals surface area contributed by atoms with Crippen molar-refractivity contribution in [2.45, 2.75) is 26.5 Å². The number of nitrogens with zero attached hydrogens (tertiary/aromatic N) is 4. The van der Waals surface area contributed by atoms with Gasteiger partial charge in [-0.3, -0.25) is 4.68 Å². The van der Waals surface area contributed by atoms with E-state index >= 15 is 0 Å². The van der Waals surface area contributed by atoms with Crippen LogP contribution in [0.15, 0.2) is 6.20 Å². The van der Waals surface area contributed by atoms with Gasteiger partial charge in [-0.25, -0.2) is 0 Å². The summed E-state index contributed by atoms with van der Waals surface area (Å²) in [6.45, 7) is 6.58. The largest absolute Gasteiger partial charge is 0.390 e. The average Bonchev–Trinajstić information content (AvgIpc) is 2.87. The molecule has 84 valence electrons. The van der Waals surface area contributed by atoms with Crippen molar-refractivity contribution in [1.82, 2.24) is 19.9 Å². The molecule has 0 aliphatic carbocycles. The average molecular weight is 210 g/mol. The summed E-state index contributed by atoms with van der Waals surface area (Å²) in [6, 6.07) is 0. The number of hydrogen-bond acceptors (Lipinski definition) is 4. The van der Waals surface area contributed by atoms with Gasteiger partial charge in [-0.15, -0.1) is 5.10 Å². The quantitative estimate of drug-likeness (QED) is 0.766. The molecule has 0 aromatic carbocycles. The van der Waals surface area contributed by atoms with Crippen LogP contribution in [0.2, 0.25) is 0 Å². The molecule has 0 unspecified atom stereocenters. The van der Waals surface area contributed by atoms with Crippen LogP contribution >= 0.6 is 0 Å². The van der Waals surface area contributed by atoms with Crippen LogP contribution < -0.4 is 0 Å². The van der Waals surface area contributed by atoms with Crippen molar-refractivity contribution in [1.29, 1.82) is 0 Å². The zero-order valence-corrected chi connectivity index (χ0v) is 9.13. The lowest BCUT2D eigenvalue weighted by atomic mass is 10.1. The fraction of sp³-hybridized carbons (Fsp3) is 0.800. The van der Waals surface area contributed by atoms with Crippen LogP contribution in [0.5, 0.6) is 0 Å². The first-order valence-corrected chi connectivity index (χ1v) is 5.54. The van der Waals surface area contributed by atoms with Crippen LogP contribution in [-0.2, 0) is 13.2 Å². The lowest BCUT2D eigenvalue weighted by Crippen LogP contribution is -2.21. The Balaban J connectivity index is 1.87. The molecule has 2 rings (SSSR count). The summed E-state index contributed by atoms with van der Waals surface area (Å²) < 4.78 is 1.84. The van der Waals surface area contributed by atoms with Gasteiger partial charge in [0.25, 0.3) is 0 Å². The predicted molar refractivity (Wildman–Crippen MR) is 56.2 cm³/mol. The van der Waals surface area contributed by atoms with Crippen LogP contribution in [0.4, 0.5) is 0 Å². The van der Waals surface area contributed by atoms with Crippen molar-refractivity contribution in [2.75, 3.05) is 19.6 Å². The Bertz CT molecular complexity index is 312. The van der Waals surface area contributed by atoms with E-state index < -0.39 is 0 Å². The molecule has 1 aromatic rings. The van der Waals surface area contributed by atoms with E-state index in [1.54, 1.807) is 0 Å². The van der Waals surface area contributed by atoms with Crippen LogP contribution in [0.25, 0.3) is 0 Å². The highest BCUT2D eigenvalue weighted by Crippen LogP contribution is 2.17. The third-order valence-corrected chi connectivity index (χ3v) is 3.01. The summed E-state index contributed by atoms with van der Waals surface area (Å²) in [5.74, 6) is 0.679. The zero-order chi connectivity index (χ0) is 10.7. The summed E-state index contributed by atoms with van der Waals surface area (Å²) in [5, 5.41) is 16.7. The van der Waals surface area contributed by atoms with Crippen molar-refractivity contribution < 1.29 is 5.11 Å². The summed E-state index contributed by atoms with van der Waals surface area (Å²) in [7, 11) is 0. The number of rotatable bonds is 4. The Morgan fingerprint density at radius 3 is 3.07 bits per heavy atom. The van der Waals surface area contributed by atoms with Gasteiger partial charge in [0.1, 0.15) is 5.69 Å². The molecule has 0 radical (unpaired) electrons. The Kier molecular flexibility index (Phi) is 3.33. The summed E-state index contributed by atoms with van der Waals surface area (Å²) in [4.78, 5) is 2.45. The van der Waals surface area contributed by atoms with Gasteiger partial charge < -0.3 is 10.0 Å². The number of likely N-dealkylation sites (tertiary alicyclic amines) is 1. The SMILES string of the molecule is CCN1CC[C@@H](Cn2cc(CO)nn2)C1. The molecule has 1 aliphatic rings. The van der Waals surface area contributed by atoms with Gasteiger partial charge in [-0.05, 0) is 25.4 Å². The van der Waals surface area contributed by atoms with Crippen LogP contribution in [0, 0.1) is 5.92 Å². The first-order valence-electron chi connectivity index (χ1n) is 5.54. The van der Waals surface area contributed by atoms with E-state index in [-0.39, 0.29) is 6.61 Å². The lowest BCUT2D eigenvalue weighted by molar-refractivity contribution is 0.276. The van der Waals surface area contributed by atoms with Crippen molar-refractivity contribution in [3.8, 4) is 0 Å². The molecule has 1 saturated heterocycles. The number of aliphatic hydroxyl groups is 1. The molecule has 1 aliphatic heterocycles. The van der Waals surface area contributed by atoms with E-state index in [2.05, 4.69) is 22.1 Å². The third-order valence-electron chi connectivity index (χ3n) is 3.01. The zero-order valence-electron chi connectivity index (χ0n) is 9.13. The Labute approximate surface area is 89.7 Å². The van der Waals surface area contributed by atoms with Gasteiger partial charge in [0.2, 0.25) is 0 Å². The molecule has 5 heteroatoms. The Morgan fingerprint density at radius 2 is 2.47 bits per heavy atom. The molecule has 1 N–H and O–H groups in total. The van der Waals surface area contributed by atoms with Gasteiger partial charge in [-0.2, -0.15) is 0 Å². The third kappa shape index (κ3) is 2.54. The van der Waals surface area contributed by atoms with E-state index in [1.165, 1.54) is 13.0 Å². The van der Waals surface area contributed by atoms with Gasteiger partial charge in [0.15, 0.2) is 0 Å². The van der Waals surface area contributed by atoms with Gasteiger partial charge in [-0.1, -0.05) is 12.1 Å². The first-order chi connectivity index (χ1) is 7.31. The number of hydrogen-bond donors (Lipinski definition) is 1. The van der Waals surface area contributed by atoms with Gasteiger partial charge >= 0.3 is 0 Å². The topological polar surface area (TPSA) is 54.2 Å². The van der Waals surface area contributed by atoms with E-state index in [4.69, 9.17) is 5.11 Å². The molecule has 1 aromatic heterocycles. The van der Waals surface area contributed by atoms with Gasteiger partial charge in [0, 0.05) is 13.1 Å². The highest BCUT2D eigenvalue weighted by molar-refractivity contribution is 4.89. The molecule has 0 amide bonds. The van der Waals surface area contributed by atoms with E-state index in [1.807, 2.05) is 10.9 Å². The van der Waals surface area contributed by atoms with Crippen molar-refractivity contribution in [2.24, 2.45) is 5.92 Å². The lowest BCUT2D eigenvalue weighted by Gasteiger charge is -2.12. The molecule has 1 atom stereocenters. The summed E-state index contributed by atoms with van der Waals surface area (Å²) >= 11 is 0.